The fourth-order valence-corrected chi connectivity index (χ4v) is 2.76. The molecular weight excluding hydrogens is 186 g/mol. The zero-order valence-electron chi connectivity index (χ0n) is 10.4. The molecule has 1 aliphatic carbocycles. The zero-order valence-corrected chi connectivity index (χ0v) is 10.4. The lowest BCUT2D eigenvalue weighted by atomic mass is 9.75. The van der Waals surface area contributed by atoms with E-state index in [2.05, 4.69) is 25.6 Å². The van der Waals surface area contributed by atoms with Crippen molar-refractivity contribution in [2.45, 2.75) is 57.1 Å². The van der Waals surface area contributed by atoms with E-state index in [1.807, 2.05) is 6.92 Å². The molecule has 88 valence electrons. The van der Waals surface area contributed by atoms with Crippen molar-refractivity contribution in [1.29, 1.82) is 0 Å². The van der Waals surface area contributed by atoms with Gasteiger partial charge in [0.25, 0.3) is 0 Å². The lowest BCUT2D eigenvalue weighted by molar-refractivity contribution is -0.0309. The Balaban J connectivity index is 2.75. The first-order valence-corrected chi connectivity index (χ1v) is 5.99. The van der Waals surface area contributed by atoms with Crippen LogP contribution >= 0.6 is 0 Å². The van der Waals surface area contributed by atoms with Crippen LogP contribution in [0.5, 0.6) is 0 Å². The third-order valence-corrected chi connectivity index (χ3v) is 3.77. The summed E-state index contributed by atoms with van der Waals surface area (Å²) >= 11 is 0. The molecule has 0 spiro atoms. The Morgan fingerprint density at radius 1 is 1.33 bits per heavy atom. The van der Waals surface area contributed by atoms with Crippen molar-refractivity contribution in [3.8, 4) is 0 Å². The van der Waals surface area contributed by atoms with Crippen LogP contribution in [0.4, 0.5) is 0 Å². The van der Waals surface area contributed by atoms with Gasteiger partial charge in [0.15, 0.2) is 0 Å². The van der Waals surface area contributed by atoms with Gasteiger partial charge in [-0.05, 0) is 40.3 Å². The number of aliphatic hydroxyl groups is 1. The Morgan fingerprint density at radius 2 is 1.87 bits per heavy atom. The summed E-state index contributed by atoms with van der Waals surface area (Å²) in [5.41, 5.74) is 1.08. The fourth-order valence-electron chi connectivity index (χ4n) is 2.76. The first-order valence-electron chi connectivity index (χ1n) is 5.99. The molecule has 2 heteroatoms. The molecule has 1 unspecified atom stereocenters. The predicted octanol–water partition coefficient (Wildman–Crippen LogP) is 2.58. The average Bonchev–Trinajstić information content (AvgIpc) is 2.17. The Bertz CT molecular complexity index is 217. The van der Waals surface area contributed by atoms with Crippen LogP contribution in [0.1, 0.15) is 45.4 Å². The quantitative estimate of drug-likeness (QED) is 0.722. The molecule has 0 saturated heterocycles. The van der Waals surface area contributed by atoms with Gasteiger partial charge in [-0.15, -0.1) is 6.58 Å². The van der Waals surface area contributed by atoms with Gasteiger partial charge >= 0.3 is 0 Å². The first-order chi connectivity index (χ1) is 6.99. The highest BCUT2D eigenvalue weighted by molar-refractivity contribution is 5.02. The van der Waals surface area contributed by atoms with E-state index < -0.39 is 0 Å². The summed E-state index contributed by atoms with van der Waals surface area (Å²) < 4.78 is 0. The SMILES string of the molecule is C=C(C)CC(O)C1(N(C)C)CCCCC1. The summed E-state index contributed by atoms with van der Waals surface area (Å²) in [6.07, 6.45) is 6.51. The molecule has 1 aliphatic rings. The van der Waals surface area contributed by atoms with E-state index in [0.717, 1.165) is 24.8 Å². The monoisotopic (exact) mass is 211 g/mol. The summed E-state index contributed by atoms with van der Waals surface area (Å²) in [5, 5.41) is 10.4. The molecule has 1 rings (SSSR count). The number of nitrogens with zero attached hydrogens (tertiary/aromatic N) is 1. The number of hydrogen-bond acceptors (Lipinski definition) is 2. The standard InChI is InChI=1S/C13H25NO/c1-11(2)10-12(15)13(14(3)4)8-6-5-7-9-13/h12,15H,1,5-10H2,2-4H3. The Labute approximate surface area is 94.0 Å². The van der Waals surface area contributed by atoms with Crippen LogP contribution < -0.4 is 0 Å². The third kappa shape index (κ3) is 2.82. The maximum atomic E-state index is 10.4. The van der Waals surface area contributed by atoms with Gasteiger partial charge in [0, 0.05) is 5.54 Å². The number of hydrogen-bond donors (Lipinski definition) is 1. The molecule has 1 atom stereocenters. The molecule has 0 aromatic rings. The van der Waals surface area contributed by atoms with E-state index in [4.69, 9.17) is 0 Å². The highest BCUT2D eigenvalue weighted by Crippen LogP contribution is 2.36. The first kappa shape index (κ1) is 12.7. The molecule has 15 heavy (non-hydrogen) atoms. The Kier molecular flexibility index (Phi) is 4.35. The summed E-state index contributed by atoms with van der Waals surface area (Å²) in [5.74, 6) is 0. The lowest BCUT2D eigenvalue weighted by Crippen LogP contribution is -2.54. The summed E-state index contributed by atoms with van der Waals surface area (Å²) in [4.78, 5) is 2.22. The van der Waals surface area contributed by atoms with Crippen LogP contribution in [0.3, 0.4) is 0 Å². The van der Waals surface area contributed by atoms with Crippen LogP contribution in [-0.4, -0.2) is 35.7 Å². The number of rotatable bonds is 4. The minimum atomic E-state index is -0.259. The van der Waals surface area contributed by atoms with E-state index in [1.54, 1.807) is 0 Å². The van der Waals surface area contributed by atoms with Gasteiger partial charge in [-0.2, -0.15) is 0 Å². The molecule has 1 saturated carbocycles. The van der Waals surface area contributed by atoms with Gasteiger partial charge < -0.3 is 10.0 Å². The molecule has 0 amide bonds. The summed E-state index contributed by atoms with van der Waals surface area (Å²) in [7, 11) is 4.18. The fraction of sp³-hybridized carbons (Fsp3) is 0.846. The van der Waals surface area contributed by atoms with Crippen molar-refractivity contribution < 1.29 is 5.11 Å². The maximum Gasteiger partial charge on any atom is 0.0760 e. The van der Waals surface area contributed by atoms with Crippen LogP contribution in [0, 0.1) is 0 Å². The molecule has 0 heterocycles. The van der Waals surface area contributed by atoms with Gasteiger partial charge in [0.05, 0.1) is 6.10 Å². The van der Waals surface area contributed by atoms with Crippen molar-refractivity contribution in [3.63, 3.8) is 0 Å². The van der Waals surface area contributed by atoms with E-state index in [0.29, 0.717) is 0 Å². The van der Waals surface area contributed by atoms with Crippen molar-refractivity contribution in [2.24, 2.45) is 0 Å². The zero-order chi connectivity index (χ0) is 11.5. The summed E-state index contributed by atoms with van der Waals surface area (Å²) in [6, 6.07) is 0. The Morgan fingerprint density at radius 3 is 2.27 bits per heavy atom. The van der Waals surface area contributed by atoms with Gasteiger partial charge in [0.1, 0.15) is 0 Å². The van der Waals surface area contributed by atoms with Crippen LogP contribution in [0.15, 0.2) is 12.2 Å². The number of likely N-dealkylation sites (N-methyl/N-ethyl adjacent to an activating group) is 1. The van der Waals surface area contributed by atoms with Gasteiger partial charge in [-0.1, -0.05) is 24.8 Å². The van der Waals surface area contributed by atoms with Gasteiger partial charge in [-0.25, -0.2) is 0 Å². The maximum absolute atomic E-state index is 10.4. The average molecular weight is 211 g/mol. The lowest BCUT2D eigenvalue weighted by Gasteiger charge is -2.46. The summed E-state index contributed by atoms with van der Waals surface area (Å²) in [6.45, 7) is 5.90. The highest BCUT2D eigenvalue weighted by Gasteiger charge is 2.40. The third-order valence-electron chi connectivity index (χ3n) is 3.77. The minimum absolute atomic E-state index is 0.00278. The molecule has 2 nitrogen and oxygen atoms in total. The van der Waals surface area contributed by atoms with E-state index in [-0.39, 0.29) is 11.6 Å². The molecular formula is C13H25NO. The van der Waals surface area contributed by atoms with E-state index >= 15 is 0 Å². The van der Waals surface area contributed by atoms with Crippen molar-refractivity contribution >= 4 is 0 Å². The largest absolute Gasteiger partial charge is 0.391 e. The minimum Gasteiger partial charge on any atom is -0.391 e. The van der Waals surface area contributed by atoms with Gasteiger partial charge in [0.2, 0.25) is 0 Å². The van der Waals surface area contributed by atoms with Crippen molar-refractivity contribution in [2.75, 3.05) is 14.1 Å². The molecule has 0 aliphatic heterocycles. The topological polar surface area (TPSA) is 23.5 Å². The second-order valence-electron chi connectivity index (χ2n) is 5.24. The smallest absolute Gasteiger partial charge is 0.0760 e. The van der Waals surface area contributed by atoms with Crippen molar-refractivity contribution in [1.82, 2.24) is 4.90 Å². The van der Waals surface area contributed by atoms with Gasteiger partial charge in [-0.3, -0.25) is 0 Å². The predicted molar refractivity (Wildman–Crippen MR) is 64.9 cm³/mol. The van der Waals surface area contributed by atoms with E-state index in [9.17, 15) is 5.11 Å². The normalized spacial score (nSPS) is 22.7. The van der Waals surface area contributed by atoms with Crippen molar-refractivity contribution in [3.05, 3.63) is 12.2 Å². The van der Waals surface area contributed by atoms with E-state index in [1.165, 1.54) is 19.3 Å². The van der Waals surface area contributed by atoms with Crippen LogP contribution in [0.25, 0.3) is 0 Å². The molecule has 0 bridgehead atoms. The molecule has 0 aromatic heterocycles. The second kappa shape index (κ2) is 5.13. The molecule has 0 radical (unpaired) electrons. The highest BCUT2D eigenvalue weighted by atomic mass is 16.3. The number of aliphatic hydroxyl groups excluding tert-OH is 1. The molecule has 1 fully saturated rings. The molecule has 0 aromatic carbocycles. The van der Waals surface area contributed by atoms with Crippen LogP contribution in [0.2, 0.25) is 0 Å². The molecule has 1 N–H and O–H groups in total. The second-order valence-corrected chi connectivity index (χ2v) is 5.24. The Hall–Kier alpha value is -0.340. The van der Waals surface area contributed by atoms with Crippen LogP contribution in [-0.2, 0) is 0 Å².